The average Bonchev–Trinajstić information content (AvgIpc) is 2.27. The summed E-state index contributed by atoms with van der Waals surface area (Å²) in [5.41, 5.74) is 2.20. The minimum Gasteiger partial charge on any atom is -0.273 e. The first-order valence-electron chi connectivity index (χ1n) is 5.28. The van der Waals surface area contributed by atoms with Gasteiger partial charge in [-0.05, 0) is 18.1 Å². The van der Waals surface area contributed by atoms with E-state index in [2.05, 4.69) is 5.48 Å². The summed E-state index contributed by atoms with van der Waals surface area (Å²) in [5, 5.41) is 10.5. The van der Waals surface area contributed by atoms with Crippen molar-refractivity contribution in [3.05, 3.63) is 38.9 Å². The maximum Gasteiger partial charge on any atom is 0.287 e. The molecule has 0 unspecified atom stereocenters. The lowest BCUT2D eigenvalue weighted by molar-refractivity contribution is -0.384. The van der Waals surface area contributed by atoms with E-state index in [0.717, 1.165) is 0 Å². The van der Waals surface area contributed by atoms with Gasteiger partial charge in [0.25, 0.3) is 11.6 Å². The van der Waals surface area contributed by atoms with Crippen LogP contribution >= 0.6 is 11.6 Å². The second-order valence-corrected chi connectivity index (χ2v) is 4.47. The molecule has 0 spiro atoms. The van der Waals surface area contributed by atoms with Crippen LogP contribution in [0.3, 0.4) is 0 Å². The van der Waals surface area contributed by atoms with Crippen LogP contribution in [-0.4, -0.2) is 17.4 Å². The van der Waals surface area contributed by atoms with Crippen molar-refractivity contribution in [3.8, 4) is 0 Å². The van der Waals surface area contributed by atoms with Crippen LogP contribution in [0, 0.1) is 16.0 Å². The van der Waals surface area contributed by atoms with E-state index in [4.69, 9.17) is 16.4 Å². The van der Waals surface area contributed by atoms with Crippen molar-refractivity contribution in [1.29, 1.82) is 0 Å². The molecule has 6 nitrogen and oxygen atoms in total. The van der Waals surface area contributed by atoms with Gasteiger partial charge in [0.1, 0.15) is 5.02 Å². The molecule has 18 heavy (non-hydrogen) atoms. The second kappa shape index (κ2) is 6.32. The average molecular weight is 273 g/mol. The zero-order valence-corrected chi connectivity index (χ0v) is 10.7. The highest BCUT2D eigenvalue weighted by atomic mass is 35.5. The predicted octanol–water partition coefficient (Wildman–Crippen LogP) is 2.57. The molecule has 1 N–H and O–H groups in total. The van der Waals surface area contributed by atoms with Crippen molar-refractivity contribution in [3.63, 3.8) is 0 Å². The van der Waals surface area contributed by atoms with E-state index in [1.54, 1.807) is 0 Å². The topological polar surface area (TPSA) is 81.5 Å². The Morgan fingerprint density at radius 2 is 2.22 bits per heavy atom. The molecule has 1 amide bonds. The van der Waals surface area contributed by atoms with Gasteiger partial charge in [0.2, 0.25) is 0 Å². The molecule has 0 aliphatic rings. The summed E-state index contributed by atoms with van der Waals surface area (Å²) in [7, 11) is 0. The number of hydrogen-bond acceptors (Lipinski definition) is 4. The Hall–Kier alpha value is -1.66. The fraction of sp³-hybridized carbons (Fsp3) is 0.364. The molecule has 0 saturated heterocycles. The van der Waals surface area contributed by atoms with Crippen LogP contribution in [0.5, 0.6) is 0 Å². The number of hydrogen-bond donors (Lipinski definition) is 1. The first-order valence-corrected chi connectivity index (χ1v) is 5.65. The molecule has 0 aliphatic carbocycles. The van der Waals surface area contributed by atoms with E-state index in [9.17, 15) is 14.9 Å². The van der Waals surface area contributed by atoms with Gasteiger partial charge in [-0.25, -0.2) is 5.48 Å². The van der Waals surface area contributed by atoms with Crippen molar-refractivity contribution in [2.24, 2.45) is 5.92 Å². The number of rotatable bonds is 5. The highest BCUT2D eigenvalue weighted by Crippen LogP contribution is 2.24. The fourth-order valence-electron chi connectivity index (χ4n) is 1.13. The van der Waals surface area contributed by atoms with E-state index in [-0.39, 0.29) is 22.2 Å². The number of carbonyl (C=O) groups is 1. The van der Waals surface area contributed by atoms with Gasteiger partial charge in [0, 0.05) is 11.6 Å². The lowest BCUT2D eigenvalue weighted by atomic mass is 10.2. The molecule has 0 radical (unpaired) electrons. The molecular weight excluding hydrogens is 260 g/mol. The molecule has 0 aliphatic heterocycles. The van der Waals surface area contributed by atoms with Crippen LogP contribution in [-0.2, 0) is 4.84 Å². The number of carbonyl (C=O) groups excluding carboxylic acids is 1. The van der Waals surface area contributed by atoms with Crippen molar-refractivity contribution >= 4 is 23.2 Å². The van der Waals surface area contributed by atoms with Crippen molar-refractivity contribution in [2.45, 2.75) is 13.8 Å². The van der Waals surface area contributed by atoms with Gasteiger partial charge >= 0.3 is 0 Å². The Morgan fingerprint density at radius 3 is 2.72 bits per heavy atom. The summed E-state index contributed by atoms with van der Waals surface area (Å²) in [4.78, 5) is 26.5. The number of nitro benzene ring substituents is 1. The Kier molecular flexibility index (Phi) is 5.06. The van der Waals surface area contributed by atoms with E-state index in [0.29, 0.717) is 6.61 Å². The highest BCUT2D eigenvalue weighted by molar-refractivity contribution is 6.33. The normalized spacial score (nSPS) is 10.4. The maximum absolute atomic E-state index is 11.6. The number of benzene rings is 1. The Labute approximate surface area is 109 Å². The lowest BCUT2D eigenvalue weighted by Gasteiger charge is -2.07. The predicted molar refractivity (Wildman–Crippen MR) is 66.4 cm³/mol. The smallest absolute Gasteiger partial charge is 0.273 e. The van der Waals surface area contributed by atoms with Crippen LogP contribution in [0.1, 0.15) is 24.2 Å². The highest BCUT2D eigenvalue weighted by Gasteiger charge is 2.15. The summed E-state index contributed by atoms with van der Waals surface area (Å²) in [6.45, 7) is 4.26. The summed E-state index contributed by atoms with van der Waals surface area (Å²) in [6.07, 6.45) is 0. The van der Waals surface area contributed by atoms with E-state index >= 15 is 0 Å². The molecule has 0 saturated carbocycles. The monoisotopic (exact) mass is 272 g/mol. The van der Waals surface area contributed by atoms with Crippen LogP contribution < -0.4 is 5.48 Å². The lowest BCUT2D eigenvalue weighted by Crippen LogP contribution is -2.25. The quantitative estimate of drug-likeness (QED) is 0.660. The summed E-state index contributed by atoms with van der Waals surface area (Å²) in [5.74, 6) is -0.210. The molecule has 1 aromatic carbocycles. The fourth-order valence-corrected chi connectivity index (χ4v) is 1.38. The Morgan fingerprint density at radius 1 is 1.56 bits per heavy atom. The molecule has 98 valence electrons. The summed E-state index contributed by atoms with van der Waals surface area (Å²) >= 11 is 5.69. The largest absolute Gasteiger partial charge is 0.287 e. The molecule has 0 heterocycles. The summed E-state index contributed by atoms with van der Waals surface area (Å²) in [6, 6.07) is 3.73. The van der Waals surface area contributed by atoms with Gasteiger partial charge < -0.3 is 0 Å². The van der Waals surface area contributed by atoms with Crippen LogP contribution in [0.2, 0.25) is 5.02 Å². The SMILES string of the molecule is CC(C)CONC(=O)c1ccc([N+](=O)[O-])c(Cl)c1. The Balaban J connectivity index is 2.70. The summed E-state index contributed by atoms with van der Waals surface area (Å²) < 4.78 is 0. The molecule has 0 bridgehead atoms. The van der Waals surface area contributed by atoms with Crippen molar-refractivity contribution in [1.82, 2.24) is 5.48 Å². The number of nitrogens with one attached hydrogen (secondary N) is 1. The zero-order chi connectivity index (χ0) is 13.7. The minimum atomic E-state index is -0.612. The van der Waals surface area contributed by atoms with Crippen LogP contribution in [0.25, 0.3) is 0 Å². The van der Waals surface area contributed by atoms with Crippen LogP contribution in [0.4, 0.5) is 5.69 Å². The molecule has 0 atom stereocenters. The Bertz CT molecular complexity index is 462. The third kappa shape index (κ3) is 3.97. The molecule has 1 rings (SSSR count). The molecule has 0 aromatic heterocycles. The maximum atomic E-state index is 11.6. The zero-order valence-electron chi connectivity index (χ0n) is 9.97. The molecule has 1 aromatic rings. The third-order valence-corrected chi connectivity index (χ3v) is 2.29. The van der Waals surface area contributed by atoms with E-state index < -0.39 is 10.8 Å². The van der Waals surface area contributed by atoms with E-state index in [1.807, 2.05) is 13.8 Å². The molecular formula is C11H13ClN2O4. The number of nitro groups is 1. The number of hydroxylamine groups is 1. The number of halogens is 1. The molecule has 7 heteroatoms. The second-order valence-electron chi connectivity index (χ2n) is 4.06. The van der Waals surface area contributed by atoms with Gasteiger partial charge in [-0.15, -0.1) is 0 Å². The van der Waals surface area contributed by atoms with Gasteiger partial charge in [-0.3, -0.25) is 19.7 Å². The first kappa shape index (κ1) is 14.4. The third-order valence-electron chi connectivity index (χ3n) is 1.99. The first-order chi connectivity index (χ1) is 8.41. The van der Waals surface area contributed by atoms with Gasteiger partial charge in [0.15, 0.2) is 0 Å². The minimum absolute atomic E-state index is 0.0866. The van der Waals surface area contributed by atoms with Gasteiger partial charge in [-0.1, -0.05) is 25.4 Å². The van der Waals surface area contributed by atoms with Crippen LogP contribution in [0.15, 0.2) is 18.2 Å². The van der Waals surface area contributed by atoms with E-state index in [1.165, 1.54) is 18.2 Å². The van der Waals surface area contributed by atoms with Gasteiger partial charge in [0.05, 0.1) is 11.5 Å². The number of nitrogens with zero attached hydrogens (tertiary/aromatic N) is 1. The number of amides is 1. The van der Waals surface area contributed by atoms with Gasteiger partial charge in [-0.2, -0.15) is 0 Å². The van der Waals surface area contributed by atoms with Crippen molar-refractivity contribution in [2.75, 3.05) is 6.61 Å². The standard InChI is InChI=1S/C11H13ClN2O4/c1-7(2)6-18-13-11(15)8-3-4-10(14(16)17)9(12)5-8/h3-5,7H,6H2,1-2H3,(H,13,15). The van der Waals surface area contributed by atoms with Crippen molar-refractivity contribution < 1.29 is 14.6 Å². The molecule has 0 fully saturated rings.